The minimum atomic E-state index is -0.0495. The van der Waals surface area contributed by atoms with Crippen molar-refractivity contribution in [3.05, 3.63) is 114 Å². The van der Waals surface area contributed by atoms with E-state index in [9.17, 15) is 4.79 Å². The summed E-state index contributed by atoms with van der Waals surface area (Å²) in [7, 11) is 0. The Morgan fingerprint density at radius 3 is 2.40 bits per heavy atom. The number of carbonyl (C=O) groups excluding carboxylic acids is 1. The topological polar surface area (TPSA) is 46.8 Å². The summed E-state index contributed by atoms with van der Waals surface area (Å²) in [6.07, 6.45) is 1.96. The number of likely N-dealkylation sites (N-methyl/N-ethyl adjacent to an activating group) is 1. The molecule has 0 spiro atoms. The van der Waals surface area contributed by atoms with Crippen LogP contribution in [-0.2, 0) is 11.4 Å². The normalized spacial score (nSPS) is 15.4. The van der Waals surface area contributed by atoms with Gasteiger partial charge in [-0.05, 0) is 126 Å². The van der Waals surface area contributed by atoms with Crippen LogP contribution in [0.4, 0.5) is 5.69 Å². The molecule has 204 valence electrons. The number of hydrogen-bond donors (Lipinski definition) is 0. The SMILES string of the molecule is CCN1C(=O)/C(=C\c2cc(C)n(-c3ccc(OCc4ccc(Br)cc4)cc3)c2C)SC1=Nc1ccc(Br)c(Cl)c1. The molecule has 9 heteroatoms. The molecule has 1 fully saturated rings. The number of halogens is 3. The van der Waals surface area contributed by atoms with Gasteiger partial charge in [-0.1, -0.05) is 39.7 Å². The van der Waals surface area contributed by atoms with Crippen molar-refractivity contribution in [2.24, 2.45) is 4.99 Å². The zero-order chi connectivity index (χ0) is 28.4. The van der Waals surface area contributed by atoms with Crippen LogP contribution in [0.1, 0.15) is 29.4 Å². The van der Waals surface area contributed by atoms with Gasteiger partial charge in [-0.15, -0.1) is 0 Å². The average Bonchev–Trinajstić information content (AvgIpc) is 3.39. The van der Waals surface area contributed by atoms with Gasteiger partial charge in [0.25, 0.3) is 5.91 Å². The second kappa shape index (κ2) is 12.4. The zero-order valence-electron chi connectivity index (χ0n) is 22.1. The Hall–Kier alpha value is -2.78. The standard InChI is InChI=1S/C31H26Br2ClN3O2S/c1-4-36-30(38)29(40-31(36)35-24-9-14-27(33)28(34)17-24)16-22-15-19(2)37(20(22)3)25-10-12-26(13-11-25)39-18-21-5-7-23(32)8-6-21/h5-17H,4,18H2,1-3H3/b29-16+,35-31?. The van der Waals surface area contributed by atoms with Gasteiger partial charge in [-0.25, -0.2) is 4.99 Å². The molecule has 40 heavy (non-hydrogen) atoms. The first-order valence-corrected chi connectivity index (χ1v) is 15.4. The summed E-state index contributed by atoms with van der Waals surface area (Å²) in [6.45, 7) is 7.12. The lowest BCUT2D eigenvalue weighted by atomic mass is 10.2. The van der Waals surface area contributed by atoms with E-state index in [1.54, 1.807) is 11.0 Å². The first-order chi connectivity index (χ1) is 19.2. The van der Waals surface area contributed by atoms with Crippen LogP contribution in [0, 0.1) is 13.8 Å². The maximum atomic E-state index is 13.3. The van der Waals surface area contributed by atoms with E-state index in [1.807, 2.05) is 61.5 Å². The summed E-state index contributed by atoms with van der Waals surface area (Å²) >= 11 is 14.5. The third-order valence-electron chi connectivity index (χ3n) is 6.50. The number of rotatable bonds is 7. The molecular weight excluding hydrogens is 674 g/mol. The number of amidine groups is 1. The van der Waals surface area contributed by atoms with Gasteiger partial charge in [-0.2, -0.15) is 0 Å². The van der Waals surface area contributed by atoms with Crippen molar-refractivity contribution < 1.29 is 9.53 Å². The molecule has 0 atom stereocenters. The van der Waals surface area contributed by atoms with E-state index >= 15 is 0 Å². The summed E-state index contributed by atoms with van der Waals surface area (Å²) in [6, 6.07) is 23.8. The fourth-order valence-electron chi connectivity index (χ4n) is 4.45. The van der Waals surface area contributed by atoms with E-state index in [1.165, 1.54) is 11.8 Å². The van der Waals surface area contributed by atoms with Crippen molar-refractivity contribution in [2.75, 3.05) is 6.54 Å². The molecule has 1 amide bonds. The summed E-state index contributed by atoms with van der Waals surface area (Å²) in [5, 5.41) is 1.22. The molecule has 0 radical (unpaired) electrons. The first-order valence-electron chi connectivity index (χ1n) is 12.6. The number of hydrogen-bond acceptors (Lipinski definition) is 4. The van der Waals surface area contributed by atoms with Crippen molar-refractivity contribution in [1.82, 2.24) is 9.47 Å². The molecule has 4 aromatic rings. The monoisotopic (exact) mass is 697 g/mol. The second-order valence-corrected chi connectivity index (χ2v) is 12.4. The van der Waals surface area contributed by atoms with E-state index in [4.69, 9.17) is 21.3 Å². The van der Waals surface area contributed by atoms with Gasteiger partial charge >= 0.3 is 0 Å². The lowest BCUT2D eigenvalue weighted by Gasteiger charge is -2.12. The number of nitrogens with zero attached hydrogens (tertiary/aromatic N) is 3. The number of aryl methyl sites for hydroxylation is 1. The van der Waals surface area contributed by atoms with Gasteiger partial charge < -0.3 is 9.30 Å². The van der Waals surface area contributed by atoms with Crippen LogP contribution in [0.3, 0.4) is 0 Å². The fourth-order valence-corrected chi connectivity index (χ4v) is 6.19. The Bertz CT molecular complexity index is 1630. The number of aliphatic imine (C=N–C) groups is 1. The van der Waals surface area contributed by atoms with Crippen molar-refractivity contribution in [1.29, 1.82) is 0 Å². The van der Waals surface area contributed by atoms with E-state index in [2.05, 4.69) is 68.5 Å². The molecule has 1 aliphatic heterocycles. The van der Waals surface area contributed by atoms with E-state index < -0.39 is 0 Å². The molecule has 1 aromatic heterocycles. The predicted octanol–water partition coefficient (Wildman–Crippen LogP) is 9.48. The van der Waals surface area contributed by atoms with Gasteiger partial charge in [0, 0.05) is 32.6 Å². The molecule has 0 saturated carbocycles. The molecule has 1 saturated heterocycles. The van der Waals surface area contributed by atoms with Crippen LogP contribution >= 0.6 is 55.2 Å². The summed E-state index contributed by atoms with van der Waals surface area (Å²) in [5.74, 6) is 0.759. The van der Waals surface area contributed by atoms with Crippen LogP contribution < -0.4 is 4.74 Å². The number of carbonyl (C=O) groups is 1. The number of thioether (sulfide) groups is 1. The smallest absolute Gasteiger partial charge is 0.266 e. The van der Waals surface area contributed by atoms with Gasteiger partial charge in [0.1, 0.15) is 12.4 Å². The Morgan fingerprint density at radius 2 is 1.73 bits per heavy atom. The molecule has 1 aliphatic rings. The van der Waals surface area contributed by atoms with Crippen LogP contribution in [0.25, 0.3) is 11.8 Å². The molecule has 3 aromatic carbocycles. The van der Waals surface area contributed by atoms with Crippen molar-refractivity contribution in [2.45, 2.75) is 27.4 Å². The number of benzene rings is 3. The summed E-state index contributed by atoms with van der Waals surface area (Å²) in [5.41, 5.74) is 5.96. The van der Waals surface area contributed by atoms with Crippen molar-refractivity contribution in [3.8, 4) is 11.4 Å². The Morgan fingerprint density at radius 1 is 1.00 bits per heavy atom. The second-order valence-electron chi connectivity index (χ2n) is 9.22. The van der Waals surface area contributed by atoms with E-state index in [0.717, 1.165) is 42.9 Å². The van der Waals surface area contributed by atoms with Crippen LogP contribution in [0.15, 0.2) is 91.6 Å². The van der Waals surface area contributed by atoms with Crippen LogP contribution in [-0.4, -0.2) is 27.1 Å². The lowest BCUT2D eigenvalue weighted by Crippen LogP contribution is -2.28. The highest BCUT2D eigenvalue weighted by Crippen LogP contribution is 2.36. The maximum absolute atomic E-state index is 13.3. The van der Waals surface area contributed by atoms with E-state index in [0.29, 0.717) is 33.9 Å². The molecule has 0 unspecified atom stereocenters. The molecule has 0 bridgehead atoms. The third-order valence-corrected chi connectivity index (χ3v) is 9.27. The highest BCUT2D eigenvalue weighted by Gasteiger charge is 2.32. The Balaban J connectivity index is 1.36. The number of aromatic nitrogens is 1. The summed E-state index contributed by atoms with van der Waals surface area (Å²) in [4.78, 5) is 20.3. The Labute approximate surface area is 260 Å². The largest absolute Gasteiger partial charge is 0.489 e. The zero-order valence-corrected chi connectivity index (χ0v) is 26.9. The highest BCUT2D eigenvalue weighted by atomic mass is 79.9. The Kier molecular flexibility index (Phi) is 8.90. The van der Waals surface area contributed by atoms with Crippen LogP contribution in [0.2, 0.25) is 5.02 Å². The van der Waals surface area contributed by atoms with Crippen LogP contribution in [0.5, 0.6) is 5.75 Å². The number of amides is 1. The molecular formula is C31H26Br2ClN3O2S. The van der Waals surface area contributed by atoms with Gasteiger partial charge in [0.15, 0.2) is 5.17 Å². The first kappa shape index (κ1) is 28.7. The third kappa shape index (κ3) is 6.25. The molecule has 2 heterocycles. The maximum Gasteiger partial charge on any atom is 0.266 e. The van der Waals surface area contributed by atoms with Gasteiger partial charge in [0.05, 0.1) is 15.6 Å². The predicted molar refractivity (Wildman–Crippen MR) is 173 cm³/mol. The quantitative estimate of drug-likeness (QED) is 0.181. The lowest BCUT2D eigenvalue weighted by molar-refractivity contribution is -0.122. The fraction of sp³-hybridized carbons (Fsp3) is 0.161. The minimum Gasteiger partial charge on any atom is -0.489 e. The number of ether oxygens (including phenoxy) is 1. The average molecular weight is 700 g/mol. The van der Waals surface area contributed by atoms with Gasteiger partial charge in [-0.3, -0.25) is 9.69 Å². The van der Waals surface area contributed by atoms with Crippen molar-refractivity contribution in [3.63, 3.8) is 0 Å². The van der Waals surface area contributed by atoms with Gasteiger partial charge in [0.2, 0.25) is 0 Å². The summed E-state index contributed by atoms with van der Waals surface area (Å²) < 4.78 is 10.0. The molecule has 5 nitrogen and oxygen atoms in total. The van der Waals surface area contributed by atoms with Crippen molar-refractivity contribution >= 4 is 78.1 Å². The molecule has 5 rings (SSSR count). The molecule has 0 aliphatic carbocycles. The van der Waals surface area contributed by atoms with E-state index in [-0.39, 0.29) is 5.91 Å². The minimum absolute atomic E-state index is 0.0495. The molecule has 0 N–H and O–H groups in total. The highest BCUT2D eigenvalue weighted by molar-refractivity contribution is 9.10.